The maximum absolute atomic E-state index is 13.8. The molecule has 0 aromatic heterocycles. The number of rotatable bonds is 5. The van der Waals surface area contributed by atoms with Gasteiger partial charge in [-0.05, 0) is 43.9 Å². The molecule has 1 aromatic carbocycles. The van der Waals surface area contributed by atoms with Crippen LogP contribution in [0.25, 0.3) is 0 Å². The molecule has 0 radical (unpaired) electrons. The summed E-state index contributed by atoms with van der Waals surface area (Å²) >= 11 is 0. The molecule has 3 atom stereocenters. The van der Waals surface area contributed by atoms with Crippen LogP contribution >= 0.6 is 0 Å². The highest BCUT2D eigenvalue weighted by Gasteiger charge is 2.37. The van der Waals surface area contributed by atoms with Crippen molar-refractivity contribution < 1.29 is 23.8 Å². The number of aromatic carboxylic acids is 1. The molecule has 3 rings (SSSR count). The lowest BCUT2D eigenvalue weighted by Gasteiger charge is -2.24. The van der Waals surface area contributed by atoms with Gasteiger partial charge in [0.2, 0.25) is 5.91 Å². The van der Waals surface area contributed by atoms with Crippen LogP contribution in [0.3, 0.4) is 0 Å². The van der Waals surface area contributed by atoms with E-state index in [4.69, 9.17) is 15.1 Å². The maximum Gasteiger partial charge on any atom is 0.335 e. The van der Waals surface area contributed by atoms with E-state index in [9.17, 15) is 14.0 Å². The molecule has 1 aromatic rings. The van der Waals surface area contributed by atoms with Gasteiger partial charge >= 0.3 is 5.97 Å². The molecule has 0 aliphatic carbocycles. The summed E-state index contributed by atoms with van der Waals surface area (Å²) in [6.45, 7) is 0.731. The van der Waals surface area contributed by atoms with E-state index >= 15 is 0 Å². The second-order valence-corrected chi connectivity index (χ2v) is 6.57. The molecule has 2 saturated heterocycles. The standard InChI is InChI=1S/C18H20FN3O4/c19-14-5-3-11(18(24)25)8-16(14)26-10-12-4-6-15(21-12)17(23)22-7-1-2-13(22)9-20/h3,5,8,12-13,15,21H,1-2,4,6-7,10H2,(H,24,25)/t12-,13+,15+/m1/s1. The zero-order valence-electron chi connectivity index (χ0n) is 14.2. The van der Waals surface area contributed by atoms with E-state index in [0.717, 1.165) is 18.6 Å². The van der Waals surface area contributed by atoms with Gasteiger partial charge in [0.05, 0.1) is 17.7 Å². The second kappa shape index (κ2) is 7.70. The van der Waals surface area contributed by atoms with Gasteiger partial charge in [0.1, 0.15) is 12.6 Å². The highest BCUT2D eigenvalue weighted by Crippen LogP contribution is 2.23. The minimum atomic E-state index is -1.16. The number of benzene rings is 1. The average molecular weight is 361 g/mol. The summed E-state index contributed by atoms with van der Waals surface area (Å²) in [5.74, 6) is -1.98. The maximum atomic E-state index is 13.8. The SMILES string of the molecule is N#C[C@@H]1CCCN1C(=O)[C@@H]1CC[C@H](COc2cc(C(=O)O)ccc2F)N1. The number of carboxylic acid groups (broad SMARTS) is 1. The van der Waals surface area contributed by atoms with Gasteiger partial charge in [-0.3, -0.25) is 10.1 Å². The summed E-state index contributed by atoms with van der Waals surface area (Å²) in [6, 6.07) is 4.68. The van der Waals surface area contributed by atoms with Crippen LogP contribution in [0.15, 0.2) is 18.2 Å². The molecule has 0 saturated carbocycles. The summed E-state index contributed by atoms with van der Waals surface area (Å²) in [4.78, 5) is 25.1. The van der Waals surface area contributed by atoms with Gasteiger partial charge in [-0.15, -0.1) is 0 Å². The highest BCUT2D eigenvalue weighted by molar-refractivity contribution is 5.88. The first-order chi connectivity index (χ1) is 12.5. The van der Waals surface area contributed by atoms with Crippen LogP contribution < -0.4 is 10.1 Å². The quantitative estimate of drug-likeness (QED) is 0.825. The van der Waals surface area contributed by atoms with Gasteiger partial charge in [-0.2, -0.15) is 5.26 Å². The lowest BCUT2D eigenvalue weighted by molar-refractivity contribution is -0.133. The predicted molar refractivity (Wildman–Crippen MR) is 89.1 cm³/mol. The predicted octanol–water partition coefficient (Wildman–Crippen LogP) is 1.54. The smallest absolute Gasteiger partial charge is 0.335 e. The van der Waals surface area contributed by atoms with E-state index in [0.29, 0.717) is 25.8 Å². The summed E-state index contributed by atoms with van der Waals surface area (Å²) in [5.41, 5.74) is -0.0505. The molecule has 7 nitrogen and oxygen atoms in total. The van der Waals surface area contributed by atoms with Crippen LogP contribution in [-0.2, 0) is 4.79 Å². The van der Waals surface area contributed by atoms with Crippen LogP contribution in [-0.4, -0.2) is 53.2 Å². The number of carboxylic acids is 1. The minimum Gasteiger partial charge on any atom is -0.489 e. The first kappa shape index (κ1) is 18.1. The highest BCUT2D eigenvalue weighted by atomic mass is 19.1. The van der Waals surface area contributed by atoms with Gasteiger partial charge in [0, 0.05) is 12.6 Å². The van der Waals surface area contributed by atoms with Gasteiger partial charge in [0.15, 0.2) is 11.6 Å². The van der Waals surface area contributed by atoms with Gasteiger partial charge in [0.25, 0.3) is 0 Å². The third-order valence-electron chi connectivity index (χ3n) is 4.84. The molecule has 26 heavy (non-hydrogen) atoms. The Morgan fingerprint density at radius 1 is 1.38 bits per heavy atom. The monoisotopic (exact) mass is 361 g/mol. The number of amides is 1. The van der Waals surface area contributed by atoms with Crippen molar-refractivity contribution in [3.8, 4) is 11.8 Å². The number of carbonyl (C=O) groups excluding carboxylic acids is 1. The van der Waals surface area contributed by atoms with Crippen LogP contribution in [0, 0.1) is 17.1 Å². The lowest BCUT2D eigenvalue weighted by atomic mass is 10.1. The fraction of sp³-hybridized carbons (Fsp3) is 0.500. The molecule has 0 unspecified atom stereocenters. The number of hydrogen-bond donors (Lipinski definition) is 2. The number of nitriles is 1. The largest absolute Gasteiger partial charge is 0.489 e. The molecule has 2 heterocycles. The molecular formula is C18H20FN3O4. The molecule has 2 aliphatic rings. The Morgan fingerprint density at radius 3 is 2.92 bits per heavy atom. The Labute approximate surface area is 150 Å². The van der Waals surface area contributed by atoms with Crippen LogP contribution in [0.1, 0.15) is 36.0 Å². The Kier molecular flexibility index (Phi) is 5.38. The molecule has 1 amide bonds. The Hall–Kier alpha value is -2.66. The fourth-order valence-electron chi connectivity index (χ4n) is 3.45. The van der Waals surface area contributed by atoms with Crippen molar-refractivity contribution in [2.75, 3.05) is 13.2 Å². The number of hydrogen-bond acceptors (Lipinski definition) is 5. The van der Waals surface area contributed by atoms with E-state index < -0.39 is 11.8 Å². The van der Waals surface area contributed by atoms with Crippen LogP contribution in [0.4, 0.5) is 4.39 Å². The number of nitrogens with zero attached hydrogens (tertiary/aromatic N) is 2. The minimum absolute atomic E-state index is 0.0505. The number of halogens is 1. The van der Waals surface area contributed by atoms with Gasteiger partial charge in [-0.25, -0.2) is 9.18 Å². The molecule has 2 N–H and O–H groups in total. The number of ether oxygens (including phenoxy) is 1. The van der Waals surface area contributed by atoms with Crippen LogP contribution in [0.5, 0.6) is 5.75 Å². The third-order valence-corrected chi connectivity index (χ3v) is 4.84. The van der Waals surface area contributed by atoms with Crippen molar-refractivity contribution in [3.63, 3.8) is 0 Å². The summed E-state index contributed by atoms with van der Waals surface area (Å²) in [5, 5.41) is 21.3. The van der Waals surface area contributed by atoms with E-state index in [-0.39, 0.29) is 42.0 Å². The van der Waals surface area contributed by atoms with E-state index in [1.165, 1.54) is 6.07 Å². The van der Waals surface area contributed by atoms with Crippen molar-refractivity contribution in [1.29, 1.82) is 5.26 Å². The number of nitrogens with one attached hydrogen (secondary N) is 1. The fourth-order valence-corrected chi connectivity index (χ4v) is 3.45. The molecule has 138 valence electrons. The zero-order valence-corrected chi connectivity index (χ0v) is 14.2. The Balaban J connectivity index is 1.55. The molecule has 2 aliphatic heterocycles. The molecule has 0 bridgehead atoms. The normalized spacial score (nSPS) is 25.1. The molecule has 2 fully saturated rings. The van der Waals surface area contributed by atoms with Crippen molar-refractivity contribution >= 4 is 11.9 Å². The number of likely N-dealkylation sites (tertiary alicyclic amines) is 1. The Bertz CT molecular complexity index is 748. The van der Waals surface area contributed by atoms with Crippen molar-refractivity contribution in [2.45, 2.75) is 43.8 Å². The van der Waals surface area contributed by atoms with Gasteiger partial charge in [-0.1, -0.05) is 0 Å². The van der Waals surface area contributed by atoms with Gasteiger partial charge < -0.3 is 14.7 Å². The zero-order chi connectivity index (χ0) is 18.7. The third kappa shape index (κ3) is 3.78. The second-order valence-electron chi connectivity index (χ2n) is 6.57. The lowest BCUT2D eigenvalue weighted by Crippen LogP contribution is -2.47. The average Bonchev–Trinajstić information content (AvgIpc) is 3.29. The first-order valence-electron chi connectivity index (χ1n) is 8.61. The molecule has 8 heteroatoms. The van der Waals surface area contributed by atoms with Crippen molar-refractivity contribution in [2.24, 2.45) is 0 Å². The number of carbonyl (C=O) groups is 2. The van der Waals surface area contributed by atoms with Crippen LogP contribution in [0.2, 0.25) is 0 Å². The van der Waals surface area contributed by atoms with Crippen molar-refractivity contribution in [1.82, 2.24) is 10.2 Å². The van der Waals surface area contributed by atoms with E-state index in [1.54, 1.807) is 4.90 Å². The summed E-state index contributed by atoms with van der Waals surface area (Å²) in [6.07, 6.45) is 2.85. The molecule has 0 spiro atoms. The summed E-state index contributed by atoms with van der Waals surface area (Å²) in [7, 11) is 0. The van der Waals surface area contributed by atoms with Crippen molar-refractivity contribution in [3.05, 3.63) is 29.6 Å². The topological polar surface area (TPSA) is 103 Å². The van der Waals surface area contributed by atoms with E-state index in [1.807, 2.05) is 0 Å². The Morgan fingerprint density at radius 2 is 2.19 bits per heavy atom. The summed E-state index contributed by atoms with van der Waals surface area (Å²) < 4.78 is 19.2. The first-order valence-corrected chi connectivity index (χ1v) is 8.61. The van der Waals surface area contributed by atoms with E-state index in [2.05, 4.69) is 11.4 Å². The molecular weight excluding hydrogens is 341 g/mol.